The topological polar surface area (TPSA) is 75.6 Å². The van der Waals surface area contributed by atoms with Crippen molar-refractivity contribution in [1.82, 2.24) is 5.32 Å². The van der Waals surface area contributed by atoms with Gasteiger partial charge in [-0.1, -0.05) is 6.07 Å². The summed E-state index contributed by atoms with van der Waals surface area (Å²) in [5.41, 5.74) is -0.294. The van der Waals surface area contributed by atoms with Gasteiger partial charge in [0.15, 0.2) is 9.84 Å². The van der Waals surface area contributed by atoms with Crippen LogP contribution in [-0.4, -0.2) is 45.1 Å². The van der Waals surface area contributed by atoms with Crippen molar-refractivity contribution in [2.24, 2.45) is 0 Å². The number of likely N-dealkylation sites (N-methyl/N-ethyl adjacent to an activating group) is 1. The fourth-order valence-electron chi connectivity index (χ4n) is 2.83. The molecule has 0 heterocycles. The van der Waals surface area contributed by atoms with E-state index < -0.39 is 9.84 Å². The normalized spacial score (nSPS) is 26.5. The number of ether oxygens (including phenoxy) is 1. The molecule has 1 aliphatic carbocycles. The van der Waals surface area contributed by atoms with Gasteiger partial charge in [-0.25, -0.2) is 8.42 Å². The van der Waals surface area contributed by atoms with Gasteiger partial charge in [0, 0.05) is 18.2 Å². The predicted molar refractivity (Wildman–Crippen MR) is 81.3 cm³/mol. The fourth-order valence-corrected chi connectivity index (χ4v) is 3.48. The Morgan fingerprint density at radius 2 is 2.24 bits per heavy atom. The summed E-state index contributed by atoms with van der Waals surface area (Å²) in [4.78, 5) is 0.262. The maximum atomic E-state index is 11.6. The molecule has 2 atom stereocenters. The van der Waals surface area contributed by atoms with Crippen LogP contribution in [0.15, 0.2) is 29.2 Å². The van der Waals surface area contributed by atoms with E-state index in [-0.39, 0.29) is 23.1 Å². The van der Waals surface area contributed by atoms with Gasteiger partial charge in [-0.15, -0.1) is 0 Å². The van der Waals surface area contributed by atoms with Crippen LogP contribution in [0.3, 0.4) is 0 Å². The van der Waals surface area contributed by atoms with Gasteiger partial charge in [0.1, 0.15) is 11.9 Å². The number of aliphatic hydroxyl groups is 1. The summed E-state index contributed by atoms with van der Waals surface area (Å²) in [6.45, 7) is 0.0761. The zero-order valence-corrected chi connectivity index (χ0v) is 13.3. The highest BCUT2D eigenvalue weighted by molar-refractivity contribution is 7.90. The third-order valence-corrected chi connectivity index (χ3v) is 5.28. The molecule has 1 saturated carbocycles. The molecule has 1 fully saturated rings. The molecule has 118 valence electrons. The fraction of sp³-hybridized carbons (Fsp3) is 0.600. The van der Waals surface area contributed by atoms with E-state index in [2.05, 4.69) is 5.32 Å². The minimum Gasteiger partial charge on any atom is -0.490 e. The molecule has 0 bridgehead atoms. The molecule has 0 spiro atoms. The Kier molecular flexibility index (Phi) is 4.91. The largest absolute Gasteiger partial charge is 0.490 e. The van der Waals surface area contributed by atoms with Gasteiger partial charge in [-0.2, -0.15) is 0 Å². The van der Waals surface area contributed by atoms with E-state index in [1.807, 2.05) is 7.05 Å². The highest BCUT2D eigenvalue weighted by Crippen LogP contribution is 2.31. The summed E-state index contributed by atoms with van der Waals surface area (Å²) >= 11 is 0. The molecule has 1 aromatic carbocycles. The van der Waals surface area contributed by atoms with Crippen molar-refractivity contribution in [1.29, 1.82) is 0 Å². The van der Waals surface area contributed by atoms with E-state index in [0.717, 1.165) is 19.3 Å². The average Bonchev–Trinajstić information content (AvgIpc) is 2.47. The van der Waals surface area contributed by atoms with Gasteiger partial charge in [0.05, 0.1) is 11.5 Å². The van der Waals surface area contributed by atoms with Crippen molar-refractivity contribution in [3.8, 4) is 5.75 Å². The van der Waals surface area contributed by atoms with Crippen LogP contribution >= 0.6 is 0 Å². The summed E-state index contributed by atoms with van der Waals surface area (Å²) in [6.07, 6.45) is 4.68. The molecule has 5 nitrogen and oxygen atoms in total. The van der Waals surface area contributed by atoms with Crippen LogP contribution in [0.4, 0.5) is 0 Å². The Morgan fingerprint density at radius 1 is 1.48 bits per heavy atom. The van der Waals surface area contributed by atoms with Crippen molar-refractivity contribution in [3.63, 3.8) is 0 Å². The molecule has 2 N–H and O–H groups in total. The first kappa shape index (κ1) is 16.3. The third kappa shape index (κ3) is 3.96. The number of hydrogen-bond donors (Lipinski definition) is 2. The lowest BCUT2D eigenvalue weighted by atomic mass is 9.81. The Labute approximate surface area is 126 Å². The van der Waals surface area contributed by atoms with Crippen LogP contribution in [-0.2, 0) is 9.84 Å². The minimum absolute atomic E-state index is 0.0202. The van der Waals surface area contributed by atoms with Gasteiger partial charge < -0.3 is 15.2 Å². The van der Waals surface area contributed by atoms with Crippen molar-refractivity contribution in [2.45, 2.75) is 42.2 Å². The molecule has 2 unspecified atom stereocenters. The summed E-state index contributed by atoms with van der Waals surface area (Å²) in [5, 5.41) is 12.8. The van der Waals surface area contributed by atoms with E-state index in [4.69, 9.17) is 4.74 Å². The zero-order chi connectivity index (χ0) is 15.5. The lowest BCUT2D eigenvalue weighted by Gasteiger charge is -2.39. The van der Waals surface area contributed by atoms with Crippen molar-refractivity contribution < 1.29 is 18.3 Å². The Balaban J connectivity index is 2.11. The molecular formula is C15H23NO4S. The molecule has 2 rings (SSSR count). The molecule has 1 aliphatic rings. The molecule has 1 aromatic rings. The first-order valence-electron chi connectivity index (χ1n) is 7.15. The molecule has 0 aliphatic heterocycles. The van der Waals surface area contributed by atoms with Crippen LogP contribution in [0.5, 0.6) is 5.75 Å². The van der Waals surface area contributed by atoms with Gasteiger partial charge in [-0.05, 0) is 44.5 Å². The van der Waals surface area contributed by atoms with E-state index in [9.17, 15) is 13.5 Å². The summed E-state index contributed by atoms with van der Waals surface area (Å²) in [7, 11) is -1.38. The standard InChI is InChI=1S/C15H23NO4S/c1-16-15(11-17)8-4-6-13(10-15)20-12-5-3-7-14(9-12)21(2,18)19/h3,5,7,9,13,16-17H,4,6,8,10-11H2,1-2H3. The Morgan fingerprint density at radius 3 is 2.86 bits per heavy atom. The summed E-state index contributed by atoms with van der Waals surface area (Å²) < 4.78 is 29.1. The minimum atomic E-state index is -3.23. The van der Waals surface area contributed by atoms with E-state index in [0.29, 0.717) is 12.2 Å². The summed E-state index contributed by atoms with van der Waals surface area (Å²) in [5.74, 6) is 0.563. The van der Waals surface area contributed by atoms with Crippen LogP contribution in [0.2, 0.25) is 0 Å². The Bertz CT molecular complexity index is 581. The van der Waals surface area contributed by atoms with Crippen LogP contribution in [0.25, 0.3) is 0 Å². The van der Waals surface area contributed by atoms with Gasteiger partial charge in [-0.3, -0.25) is 0 Å². The van der Waals surface area contributed by atoms with Crippen LogP contribution in [0.1, 0.15) is 25.7 Å². The second-order valence-electron chi connectivity index (χ2n) is 5.77. The van der Waals surface area contributed by atoms with Gasteiger partial charge in [0.25, 0.3) is 0 Å². The smallest absolute Gasteiger partial charge is 0.175 e. The quantitative estimate of drug-likeness (QED) is 0.858. The third-order valence-electron chi connectivity index (χ3n) is 4.17. The number of nitrogens with one attached hydrogen (secondary N) is 1. The van der Waals surface area contributed by atoms with E-state index in [1.54, 1.807) is 24.3 Å². The maximum Gasteiger partial charge on any atom is 0.175 e. The molecule has 0 amide bonds. The Hall–Kier alpha value is -1.11. The monoisotopic (exact) mass is 313 g/mol. The molecule has 0 saturated heterocycles. The SMILES string of the molecule is CNC1(CO)CCCC(Oc2cccc(S(C)(=O)=O)c2)C1. The molecule has 6 heteroatoms. The van der Waals surface area contributed by atoms with E-state index >= 15 is 0 Å². The average molecular weight is 313 g/mol. The van der Waals surface area contributed by atoms with Crippen LogP contribution in [0, 0.1) is 0 Å². The molecule has 21 heavy (non-hydrogen) atoms. The number of sulfone groups is 1. The van der Waals surface area contributed by atoms with E-state index in [1.165, 1.54) is 6.26 Å². The lowest BCUT2D eigenvalue weighted by molar-refractivity contribution is 0.0553. The first-order valence-corrected chi connectivity index (χ1v) is 9.04. The number of aliphatic hydroxyl groups excluding tert-OH is 1. The maximum absolute atomic E-state index is 11.6. The lowest BCUT2D eigenvalue weighted by Crippen LogP contribution is -2.52. The van der Waals surface area contributed by atoms with Crippen molar-refractivity contribution in [2.75, 3.05) is 19.9 Å². The van der Waals surface area contributed by atoms with Gasteiger partial charge >= 0.3 is 0 Å². The molecule has 0 radical (unpaired) electrons. The van der Waals surface area contributed by atoms with Crippen molar-refractivity contribution >= 4 is 9.84 Å². The highest BCUT2D eigenvalue weighted by Gasteiger charge is 2.35. The number of benzene rings is 1. The summed E-state index contributed by atoms with van der Waals surface area (Å²) in [6, 6.07) is 6.58. The zero-order valence-electron chi connectivity index (χ0n) is 12.5. The van der Waals surface area contributed by atoms with Crippen molar-refractivity contribution in [3.05, 3.63) is 24.3 Å². The predicted octanol–water partition coefficient (Wildman–Crippen LogP) is 1.36. The highest BCUT2D eigenvalue weighted by atomic mass is 32.2. The van der Waals surface area contributed by atoms with Crippen LogP contribution < -0.4 is 10.1 Å². The van der Waals surface area contributed by atoms with Gasteiger partial charge in [0.2, 0.25) is 0 Å². The molecule has 0 aromatic heterocycles. The second kappa shape index (κ2) is 6.34. The molecular weight excluding hydrogens is 290 g/mol. The number of hydrogen-bond acceptors (Lipinski definition) is 5. The number of rotatable bonds is 5. The second-order valence-corrected chi connectivity index (χ2v) is 7.79. The first-order chi connectivity index (χ1) is 9.88.